The van der Waals surface area contributed by atoms with Gasteiger partial charge in [0, 0.05) is 19.1 Å². The van der Waals surface area contributed by atoms with E-state index in [2.05, 4.69) is 31.1 Å². The quantitative estimate of drug-likeness (QED) is 0.600. The van der Waals surface area contributed by atoms with Gasteiger partial charge in [-0.05, 0) is 36.0 Å². The van der Waals surface area contributed by atoms with E-state index in [0.717, 1.165) is 31.6 Å². The number of methoxy groups -OCH3 is 2. The van der Waals surface area contributed by atoms with Crippen LogP contribution in [0, 0.1) is 11.3 Å². The number of hydrogen-bond acceptors (Lipinski definition) is 4. The summed E-state index contributed by atoms with van der Waals surface area (Å²) in [6.07, 6.45) is 2.49. The molecule has 1 saturated heterocycles. The molecule has 3 N–H and O–H groups in total. The van der Waals surface area contributed by atoms with E-state index in [1.54, 1.807) is 14.2 Å². The number of ether oxygens (including phenoxy) is 3. The third-order valence-corrected chi connectivity index (χ3v) is 4.72. The maximum atomic E-state index is 6.06. The summed E-state index contributed by atoms with van der Waals surface area (Å²) in [5.74, 6) is 2.30. The molecule has 146 valence electrons. The van der Waals surface area contributed by atoms with Crippen LogP contribution in [0.5, 0.6) is 11.5 Å². The van der Waals surface area contributed by atoms with E-state index in [4.69, 9.17) is 19.9 Å². The van der Waals surface area contributed by atoms with E-state index in [1.165, 1.54) is 0 Å². The van der Waals surface area contributed by atoms with Gasteiger partial charge in [-0.1, -0.05) is 26.8 Å². The molecule has 6 heteroatoms. The average molecular weight is 364 g/mol. The Morgan fingerprint density at radius 2 is 2.00 bits per heavy atom. The van der Waals surface area contributed by atoms with Crippen LogP contribution in [0.4, 0.5) is 0 Å². The van der Waals surface area contributed by atoms with Gasteiger partial charge in [-0.2, -0.15) is 0 Å². The highest BCUT2D eigenvalue weighted by atomic mass is 16.5. The summed E-state index contributed by atoms with van der Waals surface area (Å²) < 4.78 is 16.6. The Morgan fingerprint density at radius 1 is 1.27 bits per heavy atom. The molecule has 1 aliphatic heterocycles. The lowest BCUT2D eigenvalue weighted by Gasteiger charge is -2.40. The van der Waals surface area contributed by atoms with Crippen LogP contribution in [0.3, 0.4) is 0 Å². The second kappa shape index (κ2) is 9.12. The SMILES string of the molecule is COc1ccc(CN=C(N)NCC2CCCOC2C(C)(C)C)cc1OC. The van der Waals surface area contributed by atoms with Crippen molar-refractivity contribution in [3.63, 3.8) is 0 Å². The number of nitrogens with zero attached hydrogens (tertiary/aromatic N) is 1. The topological polar surface area (TPSA) is 78.1 Å². The molecule has 2 unspecified atom stereocenters. The highest BCUT2D eigenvalue weighted by molar-refractivity contribution is 5.77. The van der Waals surface area contributed by atoms with Crippen molar-refractivity contribution in [2.45, 2.75) is 46.3 Å². The van der Waals surface area contributed by atoms with E-state index in [9.17, 15) is 0 Å². The Balaban J connectivity index is 1.92. The fraction of sp³-hybridized carbons (Fsp3) is 0.650. The molecular formula is C20H33N3O3. The monoisotopic (exact) mass is 363 g/mol. The van der Waals surface area contributed by atoms with Gasteiger partial charge in [0.05, 0.1) is 26.9 Å². The summed E-state index contributed by atoms with van der Waals surface area (Å²) >= 11 is 0. The second-order valence-corrected chi connectivity index (χ2v) is 7.83. The molecule has 1 heterocycles. The summed E-state index contributed by atoms with van der Waals surface area (Å²) in [6, 6.07) is 5.75. The summed E-state index contributed by atoms with van der Waals surface area (Å²) in [5, 5.41) is 3.27. The molecule has 1 aromatic carbocycles. The van der Waals surface area contributed by atoms with Gasteiger partial charge in [0.1, 0.15) is 0 Å². The van der Waals surface area contributed by atoms with Crippen molar-refractivity contribution in [2.75, 3.05) is 27.4 Å². The van der Waals surface area contributed by atoms with Crippen molar-refractivity contribution < 1.29 is 14.2 Å². The van der Waals surface area contributed by atoms with Crippen molar-refractivity contribution in [1.29, 1.82) is 0 Å². The zero-order valence-electron chi connectivity index (χ0n) is 16.7. The molecule has 0 aliphatic carbocycles. The number of benzene rings is 1. The summed E-state index contributed by atoms with van der Waals surface area (Å²) in [7, 11) is 3.25. The predicted octanol–water partition coefficient (Wildman–Crippen LogP) is 2.95. The third-order valence-electron chi connectivity index (χ3n) is 4.72. The van der Waals surface area contributed by atoms with Gasteiger partial charge in [-0.15, -0.1) is 0 Å². The van der Waals surface area contributed by atoms with E-state index in [0.29, 0.717) is 29.9 Å². The van der Waals surface area contributed by atoms with Gasteiger partial charge in [0.25, 0.3) is 0 Å². The molecule has 0 aromatic heterocycles. The summed E-state index contributed by atoms with van der Waals surface area (Å²) in [6.45, 7) is 8.80. The van der Waals surface area contributed by atoms with Crippen molar-refractivity contribution in [3.8, 4) is 11.5 Å². The molecule has 0 bridgehead atoms. The first-order valence-corrected chi connectivity index (χ1v) is 9.21. The molecule has 1 aromatic rings. The number of nitrogens with two attached hydrogens (primary N) is 1. The smallest absolute Gasteiger partial charge is 0.188 e. The Bertz CT molecular complexity index is 611. The zero-order valence-corrected chi connectivity index (χ0v) is 16.7. The van der Waals surface area contributed by atoms with E-state index in [1.807, 2.05) is 18.2 Å². The van der Waals surface area contributed by atoms with Crippen molar-refractivity contribution in [2.24, 2.45) is 22.1 Å². The molecule has 2 rings (SSSR count). The van der Waals surface area contributed by atoms with Crippen LogP contribution in [0.25, 0.3) is 0 Å². The minimum atomic E-state index is 0.123. The largest absolute Gasteiger partial charge is 0.493 e. The molecule has 1 aliphatic rings. The van der Waals surface area contributed by atoms with Gasteiger partial charge < -0.3 is 25.3 Å². The Hall–Kier alpha value is -1.95. The predicted molar refractivity (Wildman–Crippen MR) is 105 cm³/mol. The Morgan fingerprint density at radius 3 is 2.65 bits per heavy atom. The van der Waals surface area contributed by atoms with Crippen molar-refractivity contribution in [3.05, 3.63) is 23.8 Å². The zero-order chi connectivity index (χ0) is 19.2. The molecule has 0 amide bonds. The van der Waals surface area contributed by atoms with E-state index in [-0.39, 0.29) is 11.5 Å². The lowest BCUT2D eigenvalue weighted by atomic mass is 9.78. The average Bonchev–Trinajstić information content (AvgIpc) is 2.63. The normalized spacial score (nSPS) is 21.3. The van der Waals surface area contributed by atoms with Crippen LogP contribution >= 0.6 is 0 Å². The van der Waals surface area contributed by atoms with Crippen LogP contribution < -0.4 is 20.5 Å². The molecule has 0 spiro atoms. The Labute approximate surface area is 157 Å². The van der Waals surface area contributed by atoms with Crippen LogP contribution in [0.1, 0.15) is 39.2 Å². The minimum Gasteiger partial charge on any atom is -0.493 e. The first-order valence-electron chi connectivity index (χ1n) is 9.21. The fourth-order valence-electron chi connectivity index (χ4n) is 3.46. The van der Waals surface area contributed by atoms with Gasteiger partial charge in [-0.25, -0.2) is 4.99 Å². The lowest BCUT2D eigenvalue weighted by Crippen LogP contribution is -2.46. The number of guanidine groups is 1. The summed E-state index contributed by atoms with van der Waals surface area (Å²) in [5.41, 5.74) is 7.20. The molecule has 2 atom stereocenters. The van der Waals surface area contributed by atoms with Crippen LogP contribution in [-0.2, 0) is 11.3 Å². The minimum absolute atomic E-state index is 0.123. The molecular weight excluding hydrogens is 330 g/mol. The fourth-order valence-corrected chi connectivity index (χ4v) is 3.46. The Kier molecular flexibility index (Phi) is 7.14. The van der Waals surface area contributed by atoms with E-state index >= 15 is 0 Å². The maximum Gasteiger partial charge on any atom is 0.188 e. The van der Waals surface area contributed by atoms with Crippen LogP contribution in [0.2, 0.25) is 0 Å². The first-order chi connectivity index (χ1) is 12.3. The van der Waals surface area contributed by atoms with Crippen LogP contribution in [-0.4, -0.2) is 39.4 Å². The van der Waals surface area contributed by atoms with Crippen molar-refractivity contribution in [1.82, 2.24) is 5.32 Å². The molecule has 26 heavy (non-hydrogen) atoms. The highest BCUT2D eigenvalue weighted by Crippen LogP contribution is 2.33. The third kappa shape index (κ3) is 5.53. The number of aliphatic imine (C=N–C) groups is 1. The van der Waals surface area contributed by atoms with Gasteiger partial charge >= 0.3 is 0 Å². The summed E-state index contributed by atoms with van der Waals surface area (Å²) in [4.78, 5) is 4.44. The van der Waals surface area contributed by atoms with Gasteiger partial charge in [-0.3, -0.25) is 0 Å². The standard InChI is InChI=1S/C20H33N3O3/c1-20(2,3)18-15(7-6-10-26-18)13-23-19(21)22-12-14-8-9-16(24-4)17(11-14)25-5/h8-9,11,15,18H,6-7,10,12-13H2,1-5H3,(H3,21,22,23). The second-order valence-electron chi connectivity index (χ2n) is 7.83. The molecule has 6 nitrogen and oxygen atoms in total. The highest BCUT2D eigenvalue weighted by Gasteiger charge is 2.35. The number of hydrogen-bond donors (Lipinski definition) is 2. The van der Waals surface area contributed by atoms with Gasteiger partial charge in [0.15, 0.2) is 17.5 Å². The first kappa shape index (κ1) is 20.4. The number of nitrogens with one attached hydrogen (secondary N) is 1. The van der Waals surface area contributed by atoms with Crippen LogP contribution in [0.15, 0.2) is 23.2 Å². The molecule has 0 radical (unpaired) electrons. The molecule has 0 saturated carbocycles. The molecule has 1 fully saturated rings. The maximum absolute atomic E-state index is 6.06. The van der Waals surface area contributed by atoms with Gasteiger partial charge in [0.2, 0.25) is 0 Å². The van der Waals surface area contributed by atoms with Crippen molar-refractivity contribution >= 4 is 5.96 Å². The lowest BCUT2D eigenvalue weighted by molar-refractivity contribution is -0.0835. The van der Waals surface area contributed by atoms with E-state index < -0.39 is 0 Å². The number of rotatable bonds is 6.